The first kappa shape index (κ1) is 18.8. The van der Waals surface area contributed by atoms with Gasteiger partial charge in [-0.2, -0.15) is 0 Å². The number of ether oxygens (including phenoxy) is 3. The van der Waals surface area contributed by atoms with E-state index in [-0.39, 0.29) is 30.3 Å². The first-order valence-electron chi connectivity index (χ1n) is 11.2. The van der Waals surface area contributed by atoms with E-state index in [2.05, 4.69) is 17.5 Å². The molecule has 5 rings (SSSR count). The molecule has 3 aliphatic carbocycles. The van der Waals surface area contributed by atoms with Gasteiger partial charge >= 0.3 is 6.09 Å². The predicted molar refractivity (Wildman–Crippen MR) is 110 cm³/mol. The molecular weight excluding hydrogens is 366 g/mol. The summed E-state index contributed by atoms with van der Waals surface area (Å²) < 4.78 is 17.4. The zero-order valence-electron chi connectivity index (χ0n) is 17.1. The molecule has 1 heterocycles. The number of hydrogen-bond donors (Lipinski definition) is 1. The number of hydrogen-bond acceptors (Lipinski definition) is 4. The van der Waals surface area contributed by atoms with Gasteiger partial charge in [-0.25, -0.2) is 4.79 Å². The molecule has 0 saturated heterocycles. The van der Waals surface area contributed by atoms with Crippen LogP contribution in [0.2, 0.25) is 0 Å². The molecule has 0 aromatic heterocycles. The van der Waals surface area contributed by atoms with E-state index in [9.17, 15) is 4.79 Å². The van der Waals surface area contributed by atoms with Gasteiger partial charge in [0.2, 0.25) is 0 Å². The molecule has 0 radical (unpaired) electrons. The van der Waals surface area contributed by atoms with Crippen LogP contribution in [0.4, 0.5) is 4.79 Å². The highest BCUT2D eigenvalue weighted by atomic mass is 16.6. The smallest absolute Gasteiger partial charge is 0.407 e. The summed E-state index contributed by atoms with van der Waals surface area (Å²) in [4.78, 5) is 12.6. The molecule has 156 valence electrons. The molecule has 2 saturated carbocycles. The van der Waals surface area contributed by atoms with Crippen molar-refractivity contribution < 1.29 is 19.0 Å². The monoisotopic (exact) mass is 397 g/mol. The molecule has 2 fully saturated rings. The van der Waals surface area contributed by atoms with Crippen molar-refractivity contribution in [2.45, 2.75) is 75.5 Å². The largest absolute Gasteiger partial charge is 0.493 e. The first-order chi connectivity index (χ1) is 14.2. The lowest BCUT2D eigenvalue weighted by Gasteiger charge is -2.41. The zero-order valence-corrected chi connectivity index (χ0v) is 17.1. The quantitative estimate of drug-likeness (QED) is 0.733. The molecule has 1 amide bonds. The van der Waals surface area contributed by atoms with Gasteiger partial charge in [-0.15, -0.1) is 0 Å². The van der Waals surface area contributed by atoms with E-state index in [1.165, 1.54) is 38.5 Å². The van der Waals surface area contributed by atoms with Crippen LogP contribution in [0.3, 0.4) is 0 Å². The molecule has 5 nitrogen and oxygen atoms in total. The second-order valence-electron chi connectivity index (χ2n) is 9.02. The molecule has 5 heteroatoms. The maximum Gasteiger partial charge on any atom is 0.407 e. The van der Waals surface area contributed by atoms with E-state index >= 15 is 0 Å². The Morgan fingerprint density at radius 2 is 1.97 bits per heavy atom. The SMILES string of the molecule is COc1cccc2c1O[C@H]1C[C@@H](OC(=O)NC3CCCC4CCCCC43)C=C[C@@H]21. The van der Waals surface area contributed by atoms with Crippen molar-refractivity contribution in [2.24, 2.45) is 11.8 Å². The number of benzene rings is 1. The average Bonchev–Trinajstić information content (AvgIpc) is 3.12. The highest BCUT2D eigenvalue weighted by Crippen LogP contribution is 2.47. The lowest BCUT2D eigenvalue weighted by molar-refractivity contribution is 0.0670. The van der Waals surface area contributed by atoms with E-state index in [0.29, 0.717) is 12.3 Å². The van der Waals surface area contributed by atoms with Crippen LogP contribution in [0.15, 0.2) is 30.4 Å². The van der Waals surface area contributed by atoms with Gasteiger partial charge in [0.1, 0.15) is 12.2 Å². The Kier molecular flexibility index (Phi) is 5.15. The third-order valence-corrected chi connectivity index (χ3v) is 7.39. The number of fused-ring (bicyclic) bond motifs is 4. The normalized spacial score (nSPS) is 34.9. The van der Waals surface area contributed by atoms with E-state index in [4.69, 9.17) is 14.2 Å². The van der Waals surface area contributed by atoms with Crippen LogP contribution in [0, 0.1) is 11.8 Å². The third-order valence-electron chi connectivity index (χ3n) is 7.39. The van der Waals surface area contributed by atoms with E-state index in [1.54, 1.807) is 7.11 Å². The second kappa shape index (κ2) is 7.92. The van der Waals surface area contributed by atoms with Gasteiger partial charge in [0.25, 0.3) is 0 Å². The van der Waals surface area contributed by atoms with Crippen LogP contribution in [-0.2, 0) is 4.74 Å². The first-order valence-corrected chi connectivity index (χ1v) is 11.2. The molecule has 6 atom stereocenters. The number of methoxy groups -OCH3 is 1. The number of carbonyl (C=O) groups is 1. The fourth-order valence-electron chi connectivity index (χ4n) is 6.01. The molecule has 1 N–H and O–H groups in total. The number of carbonyl (C=O) groups excluding carboxylic acids is 1. The summed E-state index contributed by atoms with van der Waals surface area (Å²) in [7, 11) is 1.66. The van der Waals surface area contributed by atoms with Gasteiger partial charge < -0.3 is 19.5 Å². The summed E-state index contributed by atoms with van der Waals surface area (Å²) in [5.41, 5.74) is 1.15. The summed E-state index contributed by atoms with van der Waals surface area (Å²) in [5.74, 6) is 3.21. The summed E-state index contributed by atoms with van der Waals surface area (Å²) in [6.07, 6.45) is 13.1. The van der Waals surface area contributed by atoms with Crippen molar-refractivity contribution in [3.63, 3.8) is 0 Å². The van der Waals surface area contributed by atoms with E-state index in [1.807, 2.05) is 18.2 Å². The minimum absolute atomic E-state index is 0.0125. The third kappa shape index (κ3) is 3.60. The maximum absolute atomic E-state index is 12.6. The maximum atomic E-state index is 12.6. The van der Waals surface area contributed by atoms with Crippen molar-refractivity contribution in [3.05, 3.63) is 35.9 Å². The minimum Gasteiger partial charge on any atom is -0.493 e. The molecule has 3 unspecified atom stereocenters. The molecular formula is C24H31NO4. The van der Waals surface area contributed by atoms with Gasteiger partial charge in [0, 0.05) is 23.9 Å². The van der Waals surface area contributed by atoms with Gasteiger partial charge in [0.15, 0.2) is 11.5 Å². The van der Waals surface area contributed by atoms with Crippen LogP contribution >= 0.6 is 0 Å². The van der Waals surface area contributed by atoms with Crippen LogP contribution in [-0.4, -0.2) is 31.5 Å². The molecule has 4 aliphatic rings. The van der Waals surface area contributed by atoms with Gasteiger partial charge in [-0.1, -0.05) is 50.3 Å². The van der Waals surface area contributed by atoms with Crippen molar-refractivity contribution in [3.8, 4) is 11.5 Å². The average molecular weight is 398 g/mol. The Balaban J connectivity index is 1.20. The Hall–Kier alpha value is -2.17. The van der Waals surface area contributed by atoms with Crippen LogP contribution in [0.5, 0.6) is 11.5 Å². The lowest BCUT2D eigenvalue weighted by Crippen LogP contribution is -2.47. The fraction of sp³-hybridized carbons (Fsp3) is 0.625. The molecule has 29 heavy (non-hydrogen) atoms. The van der Waals surface area contributed by atoms with Crippen LogP contribution < -0.4 is 14.8 Å². The topological polar surface area (TPSA) is 56.8 Å². The van der Waals surface area contributed by atoms with Crippen LogP contribution in [0.1, 0.15) is 62.8 Å². The summed E-state index contributed by atoms with van der Waals surface area (Å²) in [6, 6.07) is 6.28. The Bertz CT molecular complexity index is 789. The van der Waals surface area contributed by atoms with E-state index < -0.39 is 0 Å². The van der Waals surface area contributed by atoms with E-state index in [0.717, 1.165) is 29.4 Å². The number of alkyl carbamates (subject to hydrolysis) is 1. The number of para-hydroxylation sites is 1. The summed E-state index contributed by atoms with van der Waals surface area (Å²) >= 11 is 0. The van der Waals surface area contributed by atoms with Gasteiger partial charge in [-0.05, 0) is 36.8 Å². The van der Waals surface area contributed by atoms with Gasteiger partial charge in [-0.3, -0.25) is 0 Å². The number of nitrogens with one attached hydrogen (secondary N) is 1. The summed E-state index contributed by atoms with van der Waals surface area (Å²) in [6.45, 7) is 0. The molecule has 0 bridgehead atoms. The fourth-order valence-corrected chi connectivity index (χ4v) is 6.01. The second-order valence-corrected chi connectivity index (χ2v) is 9.02. The van der Waals surface area contributed by atoms with Crippen LogP contribution in [0.25, 0.3) is 0 Å². The Morgan fingerprint density at radius 1 is 1.10 bits per heavy atom. The predicted octanol–water partition coefficient (Wildman–Crippen LogP) is 4.95. The number of amides is 1. The minimum atomic E-state index is -0.276. The Labute approximate surface area is 172 Å². The molecule has 1 aromatic carbocycles. The van der Waals surface area contributed by atoms with Crippen molar-refractivity contribution in [2.75, 3.05) is 7.11 Å². The lowest BCUT2D eigenvalue weighted by atomic mass is 9.68. The van der Waals surface area contributed by atoms with Crippen molar-refractivity contribution >= 4 is 6.09 Å². The highest BCUT2D eigenvalue weighted by molar-refractivity contribution is 5.68. The van der Waals surface area contributed by atoms with Gasteiger partial charge in [0.05, 0.1) is 7.11 Å². The Morgan fingerprint density at radius 3 is 2.86 bits per heavy atom. The van der Waals surface area contributed by atoms with Crippen molar-refractivity contribution in [1.29, 1.82) is 0 Å². The molecule has 1 aliphatic heterocycles. The zero-order chi connectivity index (χ0) is 19.8. The summed E-state index contributed by atoms with van der Waals surface area (Å²) in [5, 5.41) is 3.20. The highest BCUT2D eigenvalue weighted by Gasteiger charge is 2.40. The number of rotatable bonds is 3. The molecule has 0 spiro atoms. The van der Waals surface area contributed by atoms with Crippen molar-refractivity contribution in [1.82, 2.24) is 5.32 Å². The molecule has 1 aromatic rings. The standard InChI is InChI=1S/C24H31NO4/c1-27-21-11-5-9-19-18-13-12-16(14-22(18)29-23(19)21)28-24(26)25-20-10-4-7-15-6-2-3-8-17(15)20/h5,9,11-13,15-18,20,22H,2-4,6-8,10,14H2,1H3,(H,25,26)/t15?,16-,17?,18-,20?,22-/m0/s1.